The van der Waals surface area contributed by atoms with E-state index in [0.29, 0.717) is 6.42 Å². The number of aliphatic hydroxyl groups excluding tert-OH is 2. The first-order valence-corrected chi connectivity index (χ1v) is 31.3. The van der Waals surface area contributed by atoms with Crippen LogP contribution in [0.4, 0.5) is 0 Å². The van der Waals surface area contributed by atoms with Crippen LogP contribution in [0.3, 0.4) is 0 Å². The number of carbonyl (C=O) groups is 1. The van der Waals surface area contributed by atoms with Crippen molar-refractivity contribution in [2.45, 2.75) is 328 Å². The lowest BCUT2D eigenvalue weighted by atomic mass is 10.0. The lowest BCUT2D eigenvalue weighted by Crippen LogP contribution is -2.45. The van der Waals surface area contributed by atoms with Crippen molar-refractivity contribution in [2.75, 3.05) is 6.61 Å². The van der Waals surface area contributed by atoms with Gasteiger partial charge in [0.25, 0.3) is 0 Å². The second-order valence-corrected chi connectivity index (χ2v) is 21.1. The summed E-state index contributed by atoms with van der Waals surface area (Å²) in [6, 6.07) is -0.628. The van der Waals surface area contributed by atoms with Crippen LogP contribution < -0.4 is 5.32 Å². The molecule has 0 aliphatic rings. The molecule has 1 amide bonds. The fourth-order valence-corrected chi connectivity index (χ4v) is 9.42. The fourth-order valence-electron chi connectivity index (χ4n) is 9.42. The van der Waals surface area contributed by atoms with Crippen molar-refractivity contribution < 1.29 is 15.0 Å². The third-order valence-corrected chi connectivity index (χ3v) is 14.1. The minimum absolute atomic E-state index is 0.0635. The third kappa shape index (κ3) is 58.3. The molecule has 4 nitrogen and oxygen atoms in total. The van der Waals surface area contributed by atoms with Gasteiger partial charge in [0, 0.05) is 6.42 Å². The van der Waals surface area contributed by atoms with Gasteiger partial charge >= 0.3 is 0 Å². The van der Waals surface area contributed by atoms with Crippen LogP contribution in [-0.4, -0.2) is 34.9 Å². The second kappa shape index (κ2) is 61.9. The van der Waals surface area contributed by atoms with E-state index in [1.54, 1.807) is 6.08 Å². The number of rotatable bonds is 57. The molecule has 0 aliphatic heterocycles. The number of hydrogen-bond donors (Lipinski definition) is 3. The summed E-state index contributed by atoms with van der Waals surface area (Å²) in [7, 11) is 0. The number of amides is 1. The summed E-state index contributed by atoms with van der Waals surface area (Å²) in [5.41, 5.74) is 0. The highest BCUT2D eigenvalue weighted by Crippen LogP contribution is 2.17. The summed E-state index contributed by atoms with van der Waals surface area (Å²) < 4.78 is 0. The second-order valence-electron chi connectivity index (χ2n) is 21.1. The Labute approximate surface area is 443 Å². The monoisotopic (exact) mass is 988 g/mol. The summed E-state index contributed by atoms with van der Waals surface area (Å²) in [6.07, 6.45) is 90.5. The first-order valence-electron chi connectivity index (χ1n) is 31.3. The predicted octanol–water partition coefficient (Wildman–Crippen LogP) is 21.1. The zero-order valence-electron chi connectivity index (χ0n) is 47.5. The molecule has 412 valence electrons. The number of hydrogen-bond acceptors (Lipinski definition) is 3. The lowest BCUT2D eigenvalue weighted by molar-refractivity contribution is -0.123. The molecule has 0 aliphatic carbocycles. The molecule has 0 radical (unpaired) electrons. The van der Waals surface area contributed by atoms with Gasteiger partial charge in [0.15, 0.2) is 0 Å². The van der Waals surface area contributed by atoms with Crippen LogP contribution in [0, 0.1) is 0 Å². The van der Waals surface area contributed by atoms with Crippen molar-refractivity contribution in [3.8, 4) is 0 Å². The molecule has 2 atom stereocenters. The van der Waals surface area contributed by atoms with Gasteiger partial charge in [-0.2, -0.15) is 0 Å². The van der Waals surface area contributed by atoms with Crippen LogP contribution in [0.15, 0.2) is 85.1 Å². The molecule has 0 spiro atoms. The number of allylic oxidation sites excluding steroid dienone is 13. The Morgan fingerprint density at radius 3 is 0.930 bits per heavy atom. The van der Waals surface area contributed by atoms with Crippen molar-refractivity contribution in [1.29, 1.82) is 0 Å². The Morgan fingerprint density at radius 2 is 0.620 bits per heavy atom. The van der Waals surface area contributed by atoms with E-state index in [2.05, 4.69) is 92.1 Å². The molecule has 3 N–H and O–H groups in total. The summed E-state index contributed by atoms with van der Waals surface area (Å²) in [4.78, 5) is 12.5. The maximum absolute atomic E-state index is 12.5. The van der Waals surface area contributed by atoms with Crippen LogP contribution in [0.25, 0.3) is 0 Å². The molecule has 0 fully saturated rings. The van der Waals surface area contributed by atoms with E-state index >= 15 is 0 Å². The zero-order chi connectivity index (χ0) is 51.3. The average molecular weight is 989 g/mol. The summed E-state index contributed by atoms with van der Waals surface area (Å²) in [6.45, 7) is 4.22. The predicted molar refractivity (Wildman–Crippen MR) is 317 cm³/mol. The minimum Gasteiger partial charge on any atom is -0.394 e. The van der Waals surface area contributed by atoms with Gasteiger partial charge in [0.2, 0.25) is 5.91 Å². The molecule has 0 aromatic rings. The Kier molecular flexibility index (Phi) is 59.8. The molecule has 0 aromatic carbocycles. The third-order valence-electron chi connectivity index (χ3n) is 14.1. The summed E-state index contributed by atoms with van der Waals surface area (Å²) in [5, 5.41) is 23.3. The Morgan fingerprint density at radius 1 is 0.352 bits per heavy atom. The Balaban J connectivity index is 3.50. The van der Waals surface area contributed by atoms with E-state index in [1.807, 2.05) is 6.08 Å². The molecule has 4 heteroatoms. The number of aliphatic hydroxyl groups is 2. The highest BCUT2D eigenvalue weighted by Gasteiger charge is 2.18. The van der Waals surface area contributed by atoms with Gasteiger partial charge in [-0.3, -0.25) is 4.79 Å². The first-order chi connectivity index (χ1) is 35.2. The number of unbranched alkanes of at least 4 members (excludes halogenated alkanes) is 38. The maximum atomic E-state index is 12.5. The molecule has 0 heterocycles. The van der Waals surface area contributed by atoms with E-state index in [0.717, 1.165) is 64.2 Å². The highest BCUT2D eigenvalue weighted by molar-refractivity contribution is 5.76. The van der Waals surface area contributed by atoms with Gasteiger partial charge in [0.1, 0.15) is 0 Å². The standard InChI is InChI=1S/C67H121NO3/c1-3-5-7-9-11-13-15-17-19-21-23-25-27-29-31-32-33-34-35-36-37-39-41-43-45-47-49-51-53-55-57-59-61-63-67(71)68-65(64-69)66(70)62-60-58-56-54-52-50-48-46-44-42-40-38-30-28-26-24-22-20-18-16-14-12-10-8-6-4-2/h5,7,11,13,17,19,23,25,29,31,33-34,60,62,65-66,69-70H,3-4,6,8-10,12,14-16,18,20-22,24,26-28,30,32,35-59,61,63-64H2,1-2H3,(H,68,71)/b7-5-,13-11-,19-17-,25-23-,31-29-,34-33-,62-60+. The smallest absolute Gasteiger partial charge is 0.220 e. The molecule has 0 saturated heterocycles. The van der Waals surface area contributed by atoms with Crippen LogP contribution in [0.1, 0.15) is 316 Å². The van der Waals surface area contributed by atoms with Gasteiger partial charge in [-0.1, -0.05) is 324 Å². The van der Waals surface area contributed by atoms with E-state index in [-0.39, 0.29) is 12.5 Å². The van der Waals surface area contributed by atoms with Crippen LogP contribution in [0.2, 0.25) is 0 Å². The van der Waals surface area contributed by atoms with E-state index < -0.39 is 12.1 Å². The van der Waals surface area contributed by atoms with Gasteiger partial charge in [-0.25, -0.2) is 0 Å². The highest BCUT2D eigenvalue weighted by atomic mass is 16.3. The number of carbonyl (C=O) groups excluding carboxylic acids is 1. The fraction of sp³-hybridized carbons (Fsp3) is 0.776. The first kappa shape index (κ1) is 68.6. The van der Waals surface area contributed by atoms with Crippen molar-refractivity contribution in [3.63, 3.8) is 0 Å². The van der Waals surface area contributed by atoms with Gasteiger partial charge in [-0.15, -0.1) is 0 Å². The molecule has 0 saturated carbocycles. The Bertz CT molecular complexity index is 1260. The van der Waals surface area contributed by atoms with Crippen molar-refractivity contribution >= 4 is 5.91 Å². The largest absolute Gasteiger partial charge is 0.394 e. The van der Waals surface area contributed by atoms with Crippen LogP contribution in [0.5, 0.6) is 0 Å². The molecule has 0 rings (SSSR count). The average Bonchev–Trinajstić information content (AvgIpc) is 3.37. The summed E-state index contributed by atoms with van der Waals surface area (Å²) in [5.74, 6) is -0.0635. The van der Waals surface area contributed by atoms with Gasteiger partial charge in [0.05, 0.1) is 18.8 Å². The summed E-state index contributed by atoms with van der Waals surface area (Å²) >= 11 is 0. The van der Waals surface area contributed by atoms with Crippen molar-refractivity contribution in [3.05, 3.63) is 85.1 Å². The minimum atomic E-state index is -0.845. The molecule has 2 unspecified atom stereocenters. The number of nitrogens with one attached hydrogen (secondary N) is 1. The Hall–Kier alpha value is -2.43. The molecule has 0 bridgehead atoms. The lowest BCUT2D eigenvalue weighted by Gasteiger charge is -2.20. The SMILES string of the molecule is CC/C=C\C/C=C\C/C=C\C/C=C\C/C=C\C/C=C\CCCCCCCCCCCCCCCCC(=O)NC(CO)C(O)/C=C/CCCCCCCCCCCCCCCCCCCCCCCCCC. The van der Waals surface area contributed by atoms with E-state index in [1.165, 1.54) is 231 Å². The van der Waals surface area contributed by atoms with E-state index in [9.17, 15) is 15.0 Å². The molecule has 0 aromatic heterocycles. The van der Waals surface area contributed by atoms with Gasteiger partial charge < -0.3 is 15.5 Å². The molecular formula is C67H121NO3. The molecular weight excluding hydrogens is 867 g/mol. The van der Waals surface area contributed by atoms with Crippen molar-refractivity contribution in [2.24, 2.45) is 0 Å². The zero-order valence-corrected chi connectivity index (χ0v) is 47.5. The normalized spacial score (nSPS) is 13.4. The van der Waals surface area contributed by atoms with Gasteiger partial charge in [-0.05, 0) is 70.6 Å². The van der Waals surface area contributed by atoms with Crippen LogP contribution in [-0.2, 0) is 4.79 Å². The maximum Gasteiger partial charge on any atom is 0.220 e. The molecule has 71 heavy (non-hydrogen) atoms. The quantitative estimate of drug-likeness (QED) is 0.0420. The van der Waals surface area contributed by atoms with Crippen LogP contribution >= 0.6 is 0 Å². The topological polar surface area (TPSA) is 69.6 Å². The van der Waals surface area contributed by atoms with E-state index in [4.69, 9.17) is 0 Å². The van der Waals surface area contributed by atoms with Crippen molar-refractivity contribution in [1.82, 2.24) is 5.32 Å².